The van der Waals surface area contributed by atoms with Crippen LogP contribution in [0.15, 0.2) is 53.6 Å². The number of hydrazone groups is 1. The smallest absolute Gasteiger partial charge is 0.0671 e. The Morgan fingerprint density at radius 1 is 1.10 bits per heavy atom. The highest BCUT2D eigenvalue weighted by Crippen LogP contribution is 2.19. The summed E-state index contributed by atoms with van der Waals surface area (Å²) in [6.45, 7) is 4.13. The van der Waals surface area contributed by atoms with E-state index in [9.17, 15) is 0 Å². The van der Waals surface area contributed by atoms with Crippen LogP contribution in [0.4, 0.5) is 11.4 Å². The molecule has 0 radical (unpaired) electrons. The van der Waals surface area contributed by atoms with Crippen molar-refractivity contribution in [3.05, 3.63) is 59.7 Å². The summed E-state index contributed by atoms with van der Waals surface area (Å²) in [5.41, 5.74) is 5.53. The molecule has 0 saturated heterocycles. The Balaban J connectivity index is 2.33. The molecule has 2 aromatic carbocycles. The lowest BCUT2D eigenvalue weighted by Crippen LogP contribution is -2.13. The van der Waals surface area contributed by atoms with Crippen molar-refractivity contribution in [3.8, 4) is 0 Å². The van der Waals surface area contributed by atoms with Crippen molar-refractivity contribution >= 4 is 17.1 Å². The maximum Gasteiger partial charge on any atom is 0.0671 e. The minimum atomic E-state index is 0.990. The maximum atomic E-state index is 4.68. The third-order valence-corrected chi connectivity index (χ3v) is 3.26. The largest absolute Gasteiger partial charge is 0.388 e. The van der Waals surface area contributed by atoms with E-state index in [4.69, 9.17) is 0 Å². The first kappa shape index (κ1) is 14.1. The van der Waals surface area contributed by atoms with Crippen LogP contribution >= 0.6 is 0 Å². The van der Waals surface area contributed by atoms with Gasteiger partial charge in [-0.2, -0.15) is 5.10 Å². The number of aryl methyl sites for hydroxylation is 1. The fourth-order valence-electron chi connectivity index (χ4n) is 2.16. The Hall–Kier alpha value is -2.29. The molecule has 0 fully saturated rings. The van der Waals surface area contributed by atoms with E-state index in [1.165, 1.54) is 5.56 Å². The molecule has 0 aliphatic heterocycles. The molecule has 0 unspecified atom stereocenters. The van der Waals surface area contributed by atoms with Gasteiger partial charge in [-0.15, -0.1) is 0 Å². The topological polar surface area (TPSA) is 27.6 Å². The molecule has 0 saturated carbocycles. The summed E-state index contributed by atoms with van der Waals surface area (Å²) in [4.78, 5) is 0. The predicted molar refractivity (Wildman–Crippen MR) is 87.8 cm³/mol. The fraction of sp³-hybridized carbons (Fsp3) is 0.235. The number of hydrogen-bond donors (Lipinski definition) is 1. The summed E-state index contributed by atoms with van der Waals surface area (Å²) in [5.74, 6) is 0. The lowest BCUT2D eigenvalue weighted by molar-refractivity contribution is 1.01. The number of rotatable bonds is 4. The molecular formula is C17H21N3. The van der Waals surface area contributed by atoms with Crippen LogP contribution in [0.25, 0.3) is 0 Å². The average molecular weight is 267 g/mol. The van der Waals surface area contributed by atoms with Gasteiger partial charge in [-0.1, -0.05) is 29.8 Å². The van der Waals surface area contributed by atoms with Crippen LogP contribution in [0.1, 0.15) is 18.1 Å². The van der Waals surface area contributed by atoms with E-state index in [0.29, 0.717) is 0 Å². The monoisotopic (exact) mass is 267 g/mol. The van der Waals surface area contributed by atoms with Crippen molar-refractivity contribution in [2.75, 3.05) is 24.4 Å². The first-order valence-corrected chi connectivity index (χ1v) is 6.74. The third kappa shape index (κ3) is 3.18. The van der Waals surface area contributed by atoms with Gasteiger partial charge in [0.2, 0.25) is 0 Å². The number of nitrogens with one attached hydrogen (secondary N) is 1. The first-order chi connectivity index (χ1) is 9.61. The zero-order chi connectivity index (χ0) is 14.5. The fourth-order valence-corrected chi connectivity index (χ4v) is 2.16. The summed E-state index contributed by atoms with van der Waals surface area (Å²) < 4.78 is 0. The summed E-state index contributed by atoms with van der Waals surface area (Å²) in [6.07, 6.45) is 0. The van der Waals surface area contributed by atoms with Gasteiger partial charge >= 0.3 is 0 Å². The van der Waals surface area contributed by atoms with Crippen LogP contribution in [0.2, 0.25) is 0 Å². The standard InChI is InChI=1S/C17H21N3/c1-13-10-11-17(18-3)16(12-13)14(2)19-20(4)15-8-6-5-7-9-15/h5-12,18H,1-4H3/b19-14+. The molecule has 0 heterocycles. The summed E-state index contributed by atoms with van der Waals surface area (Å²) >= 11 is 0. The van der Waals surface area contributed by atoms with E-state index >= 15 is 0 Å². The van der Waals surface area contributed by atoms with Crippen LogP contribution < -0.4 is 10.3 Å². The number of hydrogen-bond acceptors (Lipinski definition) is 3. The molecule has 104 valence electrons. The maximum absolute atomic E-state index is 4.68. The van der Waals surface area contributed by atoms with Gasteiger partial charge < -0.3 is 5.32 Å². The zero-order valence-electron chi connectivity index (χ0n) is 12.5. The molecule has 0 atom stereocenters. The minimum Gasteiger partial charge on any atom is -0.388 e. The Morgan fingerprint density at radius 3 is 2.45 bits per heavy atom. The van der Waals surface area contributed by atoms with Gasteiger partial charge in [0, 0.05) is 25.3 Å². The highest BCUT2D eigenvalue weighted by atomic mass is 15.4. The molecule has 2 aromatic rings. The van der Waals surface area contributed by atoms with Crippen molar-refractivity contribution in [2.24, 2.45) is 5.10 Å². The molecule has 2 rings (SSSR count). The van der Waals surface area contributed by atoms with Gasteiger partial charge in [0.1, 0.15) is 0 Å². The highest BCUT2D eigenvalue weighted by Gasteiger charge is 2.06. The quantitative estimate of drug-likeness (QED) is 0.672. The second-order valence-electron chi connectivity index (χ2n) is 4.84. The lowest BCUT2D eigenvalue weighted by Gasteiger charge is -2.16. The Bertz CT molecular complexity index is 603. The van der Waals surface area contributed by atoms with Crippen molar-refractivity contribution < 1.29 is 0 Å². The van der Waals surface area contributed by atoms with E-state index in [-0.39, 0.29) is 0 Å². The van der Waals surface area contributed by atoms with Gasteiger partial charge in [0.25, 0.3) is 0 Å². The van der Waals surface area contributed by atoms with Crippen LogP contribution in [0.3, 0.4) is 0 Å². The van der Waals surface area contributed by atoms with Crippen LogP contribution in [0, 0.1) is 6.92 Å². The number of para-hydroxylation sites is 1. The third-order valence-electron chi connectivity index (χ3n) is 3.26. The van der Waals surface area contributed by atoms with Crippen molar-refractivity contribution in [1.29, 1.82) is 0 Å². The number of benzene rings is 2. The van der Waals surface area contributed by atoms with Gasteiger partial charge in [-0.25, -0.2) is 0 Å². The molecule has 0 aliphatic rings. The molecule has 3 heteroatoms. The molecule has 0 bridgehead atoms. The van der Waals surface area contributed by atoms with E-state index in [0.717, 1.165) is 22.6 Å². The van der Waals surface area contributed by atoms with Gasteiger partial charge in [0.05, 0.1) is 11.4 Å². The molecule has 20 heavy (non-hydrogen) atoms. The van der Waals surface area contributed by atoms with Gasteiger partial charge in [-0.3, -0.25) is 5.01 Å². The molecule has 0 spiro atoms. The summed E-state index contributed by atoms with van der Waals surface area (Å²) in [6, 6.07) is 16.5. The molecule has 0 amide bonds. The lowest BCUT2D eigenvalue weighted by atomic mass is 10.1. The van der Waals surface area contributed by atoms with E-state index < -0.39 is 0 Å². The van der Waals surface area contributed by atoms with Crippen LogP contribution in [-0.2, 0) is 0 Å². The predicted octanol–water partition coefficient (Wildman–Crippen LogP) is 3.90. The van der Waals surface area contributed by atoms with Crippen molar-refractivity contribution in [3.63, 3.8) is 0 Å². The molecule has 0 aromatic heterocycles. The molecule has 3 nitrogen and oxygen atoms in total. The van der Waals surface area contributed by atoms with Gasteiger partial charge in [-0.05, 0) is 38.1 Å². The zero-order valence-corrected chi connectivity index (χ0v) is 12.5. The Labute approximate surface area is 120 Å². The van der Waals surface area contributed by atoms with Crippen molar-refractivity contribution in [2.45, 2.75) is 13.8 Å². The normalized spacial score (nSPS) is 11.3. The SMILES string of the molecule is CNc1ccc(C)cc1/C(C)=N/N(C)c1ccccc1. The Kier molecular flexibility index (Phi) is 4.41. The molecule has 1 N–H and O–H groups in total. The summed E-state index contributed by atoms with van der Waals surface area (Å²) in [5, 5.41) is 9.79. The summed E-state index contributed by atoms with van der Waals surface area (Å²) in [7, 11) is 3.90. The molecule has 0 aliphatic carbocycles. The minimum absolute atomic E-state index is 0.990. The number of nitrogens with zero attached hydrogens (tertiary/aromatic N) is 2. The van der Waals surface area contributed by atoms with Crippen LogP contribution in [-0.4, -0.2) is 19.8 Å². The first-order valence-electron chi connectivity index (χ1n) is 6.74. The van der Waals surface area contributed by atoms with Gasteiger partial charge in [0.15, 0.2) is 0 Å². The van der Waals surface area contributed by atoms with Crippen LogP contribution in [0.5, 0.6) is 0 Å². The Morgan fingerprint density at radius 2 is 1.80 bits per heavy atom. The van der Waals surface area contributed by atoms with E-state index in [1.807, 2.05) is 56.4 Å². The van der Waals surface area contributed by atoms with E-state index in [2.05, 4.69) is 35.5 Å². The van der Waals surface area contributed by atoms with Crippen molar-refractivity contribution in [1.82, 2.24) is 0 Å². The molecular weight excluding hydrogens is 246 g/mol. The average Bonchev–Trinajstić information content (AvgIpc) is 2.48. The second kappa shape index (κ2) is 6.24. The second-order valence-corrected chi connectivity index (χ2v) is 4.84. The van der Waals surface area contributed by atoms with E-state index in [1.54, 1.807) is 0 Å². The highest BCUT2D eigenvalue weighted by molar-refractivity contribution is 6.04. The number of anilines is 2.